The summed E-state index contributed by atoms with van der Waals surface area (Å²) in [5, 5.41) is 11.6. The number of benzene rings is 1. The first-order chi connectivity index (χ1) is 8.56. The lowest BCUT2D eigenvalue weighted by molar-refractivity contribution is 0.0690. The summed E-state index contributed by atoms with van der Waals surface area (Å²) in [6.45, 7) is 0. The van der Waals surface area contributed by atoms with Crippen molar-refractivity contribution in [3.8, 4) is 0 Å². The number of nitrogens with one attached hydrogen (secondary N) is 1. The lowest BCUT2D eigenvalue weighted by Crippen LogP contribution is -2.01. The predicted molar refractivity (Wildman–Crippen MR) is 68.6 cm³/mol. The summed E-state index contributed by atoms with van der Waals surface area (Å²) in [6.07, 6.45) is 1.35. The van der Waals surface area contributed by atoms with Gasteiger partial charge in [-0.05, 0) is 30.3 Å². The van der Waals surface area contributed by atoms with Crippen LogP contribution in [-0.2, 0) is 0 Å². The average molecular weight is 311 g/mol. The normalized spacial score (nSPS) is 10.1. The summed E-state index contributed by atoms with van der Waals surface area (Å²) in [6, 6.07) is 7.35. The second kappa shape index (κ2) is 5.14. The van der Waals surface area contributed by atoms with Crippen molar-refractivity contribution < 1.29 is 14.3 Å². The van der Waals surface area contributed by atoms with Crippen molar-refractivity contribution in [2.75, 3.05) is 5.32 Å². The topological polar surface area (TPSA) is 62.2 Å². The molecule has 0 unspecified atom stereocenters. The van der Waals surface area contributed by atoms with E-state index in [1.165, 1.54) is 18.3 Å². The molecule has 0 bridgehead atoms. The highest BCUT2D eigenvalue weighted by molar-refractivity contribution is 9.10. The van der Waals surface area contributed by atoms with Gasteiger partial charge in [0.1, 0.15) is 11.5 Å². The molecular weight excluding hydrogens is 303 g/mol. The molecule has 2 rings (SSSR count). The summed E-state index contributed by atoms with van der Waals surface area (Å²) in [5.41, 5.74) is 0.613. The quantitative estimate of drug-likeness (QED) is 0.911. The van der Waals surface area contributed by atoms with Crippen LogP contribution in [0.5, 0.6) is 0 Å². The Balaban J connectivity index is 2.31. The van der Waals surface area contributed by atoms with Crippen LogP contribution in [0, 0.1) is 5.82 Å². The van der Waals surface area contributed by atoms with E-state index in [1.807, 2.05) is 0 Å². The molecule has 1 heterocycles. The highest BCUT2D eigenvalue weighted by Gasteiger charge is 2.07. The molecule has 2 N–H and O–H groups in total. The van der Waals surface area contributed by atoms with Crippen LogP contribution in [0.25, 0.3) is 0 Å². The number of carbonyl (C=O) groups is 1. The van der Waals surface area contributed by atoms with Gasteiger partial charge >= 0.3 is 5.97 Å². The van der Waals surface area contributed by atoms with Crippen LogP contribution in [0.1, 0.15) is 10.5 Å². The number of anilines is 2. The standard InChI is InChI=1S/C12H8BrFN2O2/c13-7-1-2-9(14)10(5-7)16-8-3-4-15-11(6-8)12(17)18/h1-6H,(H,15,16)(H,17,18). The summed E-state index contributed by atoms with van der Waals surface area (Å²) in [4.78, 5) is 14.4. The lowest BCUT2D eigenvalue weighted by atomic mass is 10.2. The Morgan fingerprint density at radius 3 is 2.83 bits per heavy atom. The number of nitrogens with zero attached hydrogens (tertiary/aromatic N) is 1. The minimum atomic E-state index is -1.13. The zero-order chi connectivity index (χ0) is 13.1. The maximum Gasteiger partial charge on any atom is 0.354 e. The van der Waals surface area contributed by atoms with E-state index in [0.717, 1.165) is 4.47 Å². The van der Waals surface area contributed by atoms with E-state index in [-0.39, 0.29) is 11.4 Å². The van der Waals surface area contributed by atoms with Crippen molar-refractivity contribution in [1.82, 2.24) is 4.98 Å². The van der Waals surface area contributed by atoms with E-state index in [4.69, 9.17) is 5.11 Å². The van der Waals surface area contributed by atoms with Crippen LogP contribution in [0.4, 0.5) is 15.8 Å². The summed E-state index contributed by atoms with van der Waals surface area (Å²) >= 11 is 3.23. The molecule has 0 amide bonds. The number of carboxylic acid groups (broad SMARTS) is 1. The predicted octanol–water partition coefficient (Wildman–Crippen LogP) is 3.43. The monoisotopic (exact) mass is 310 g/mol. The number of aromatic nitrogens is 1. The maximum atomic E-state index is 13.5. The number of aromatic carboxylic acids is 1. The number of halogens is 2. The van der Waals surface area contributed by atoms with E-state index in [2.05, 4.69) is 26.2 Å². The molecule has 0 saturated heterocycles. The lowest BCUT2D eigenvalue weighted by Gasteiger charge is -2.08. The molecular formula is C12H8BrFN2O2. The zero-order valence-electron chi connectivity index (χ0n) is 9.02. The highest BCUT2D eigenvalue weighted by atomic mass is 79.9. The minimum Gasteiger partial charge on any atom is -0.477 e. The fraction of sp³-hybridized carbons (Fsp3) is 0. The van der Waals surface area contributed by atoms with Crippen molar-refractivity contribution in [1.29, 1.82) is 0 Å². The molecule has 6 heteroatoms. The van der Waals surface area contributed by atoms with Crippen molar-refractivity contribution in [2.24, 2.45) is 0 Å². The van der Waals surface area contributed by atoms with Crippen molar-refractivity contribution in [3.63, 3.8) is 0 Å². The molecule has 0 spiro atoms. The second-order valence-corrected chi connectivity index (χ2v) is 4.40. The van der Waals surface area contributed by atoms with Crippen molar-refractivity contribution >= 4 is 33.3 Å². The van der Waals surface area contributed by atoms with Gasteiger partial charge in [-0.2, -0.15) is 0 Å². The van der Waals surface area contributed by atoms with Gasteiger partial charge in [0.2, 0.25) is 0 Å². The van der Waals surface area contributed by atoms with E-state index >= 15 is 0 Å². The highest BCUT2D eigenvalue weighted by Crippen LogP contribution is 2.23. The third kappa shape index (κ3) is 2.84. The van der Waals surface area contributed by atoms with E-state index < -0.39 is 11.8 Å². The van der Waals surface area contributed by atoms with Crippen molar-refractivity contribution in [3.05, 3.63) is 52.5 Å². The van der Waals surface area contributed by atoms with E-state index in [1.54, 1.807) is 18.2 Å². The van der Waals surface area contributed by atoms with Gasteiger partial charge in [0.05, 0.1) is 5.69 Å². The smallest absolute Gasteiger partial charge is 0.354 e. The third-order valence-corrected chi connectivity index (χ3v) is 2.68. The molecule has 0 radical (unpaired) electrons. The molecule has 0 atom stereocenters. The first kappa shape index (κ1) is 12.5. The Morgan fingerprint density at radius 2 is 2.11 bits per heavy atom. The van der Waals surface area contributed by atoms with Gasteiger partial charge in [-0.25, -0.2) is 14.2 Å². The number of carboxylic acids is 1. The molecule has 0 aliphatic carbocycles. The van der Waals surface area contributed by atoms with Gasteiger partial charge in [0, 0.05) is 16.4 Å². The van der Waals surface area contributed by atoms with Gasteiger partial charge in [-0.3, -0.25) is 0 Å². The Hall–Kier alpha value is -1.95. The maximum absolute atomic E-state index is 13.5. The molecule has 1 aromatic heterocycles. The fourth-order valence-electron chi connectivity index (χ4n) is 1.37. The van der Waals surface area contributed by atoms with Crippen LogP contribution in [0.2, 0.25) is 0 Å². The Labute approximate surface area is 111 Å². The average Bonchev–Trinajstić information content (AvgIpc) is 2.34. The van der Waals surface area contributed by atoms with Crippen LogP contribution in [0.3, 0.4) is 0 Å². The van der Waals surface area contributed by atoms with Gasteiger partial charge in [-0.15, -0.1) is 0 Å². The Morgan fingerprint density at radius 1 is 1.33 bits per heavy atom. The molecule has 0 aliphatic heterocycles. The van der Waals surface area contributed by atoms with Gasteiger partial charge in [0.25, 0.3) is 0 Å². The van der Waals surface area contributed by atoms with Crippen molar-refractivity contribution in [2.45, 2.75) is 0 Å². The van der Waals surface area contributed by atoms with Crippen LogP contribution in [-0.4, -0.2) is 16.1 Å². The summed E-state index contributed by atoms with van der Waals surface area (Å²) < 4.78 is 14.2. The second-order valence-electron chi connectivity index (χ2n) is 3.48. The molecule has 4 nitrogen and oxygen atoms in total. The molecule has 1 aromatic carbocycles. The Kier molecular flexibility index (Phi) is 3.57. The zero-order valence-corrected chi connectivity index (χ0v) is 10.6. The number of hydrogen-bond acceptors (Lipinski definition) is 3. The van der Waals surface area contributed by atoms with Gasteiger partial charge in [0.15, 0.2) is 0 Å². The number of pyridine rings is 1. The SMILES string of the molecule is O=C(O)c1cc(Nc2cc(Br)ccc2F)ccn1. The molecule has 92 valence electrons. The van der Waals surface area contributed by atoms with Crippen LogP contribution < -0.4 is 5.32 Å². The van der Waals surface area contributed by atoms with Gasteiger partial charge < -0.3 is 10.4 Å². The molecule has 18 heavy (non-hydrogen) atoms. The molecule has 0 aliphatic rings. The number of rotatable bonds is 3. The van der Waals surface area contributed by atoms with Crippen LogP contribution >= 0.6 is 15.9 Å². The molecule has 0 saturated carbocycles. The molecule has 2 aromatic rings. The van der Waals surface area contributed by atoms with E-state index in [0.29, 0.717) is 5.69 Å². The molecule has 0 fully saturated rings. The first-order valence-electron chi connectivity index (χ1n) is 4.97. The van der Waals surface area contributed by atoms with E-state index in [9.17, 15) is 9.18 Å². The number of hydrogen-bond donors (Lipinski definition) is 2. The van der Waals surface area contributed by atoms with Gasteiger partial charge in [-0.1, -0.05) is 15.9 Å². The third-order valence-electron chi connectivity index (χ3n) is 2.19. The first-order valence-corrected chi connectivity index (χ1v) is 5.77. The fourth-order valence-corrected chi connectivity index (χ4v) is 1.74. The Bertz CT molecular complexity index is 604. The minimum absolute atomic E-state index is 0.101. The summed E-state index contributed by atoms with van der Waals surface area (Å²) in [5.74, 6) is -1.56. The summed E-state index contributed by atoms with van der Waals surface area (Å²) in [7, 11) is 0. The van der Waals surface area contributed by atoms with Crippen LogP contribution in [0.15, 0.2) is 41.0 Å². The largest absolute Gasteiger partial charge is 0.477 e.